The number of unbranched alkanes of at least 4 members (excludes halogenated alkanes) is 1. The topological polar surface area (TPSA) is 100 Å². The number of hydrogen-bond donors (Lipinski definition) is 1. The number of para-hydroxylation sites is 2. The summed E-state index contributed by atoms with van der Waals surface area (Å²) in [5.41, 5.74) is 2.04. The molecule has 0 fully saturated rings. The Morgan fingerprint density at radius 1 is 0.756 bits per heavy atom. The summed E-state index contributed by atoms with van der Waals surface area (Å²) in [7, 11) is 0. The molecule has 0 aliphatic heterocycles. The highest BCUT2D eigenvalue weighted by Gasteiger charge is 2.19. The normalized spacial score (nSPS) is 10.9. The summed E-state index contributed by atoms with van der Waals surface area (Å²) in [4.78, 5) is 37.7. The Morgan fingerprint density at radius 2 is 1.44 bits per heavy atom. The second kappa shape index (κ2) is 17.2. The summed E-state index contributed by atoms with van der Waals surface area (Å²) in [6.45, 7) is 4.67. The van der Waals surface area contributed by atoms with Crippen molar-refractivity contribution in [2.24, 2.45) is 0 Å². The zero-order valence-corrected chi connectivity index (χ0v) is 23.6. The third-order valence-electron chi connectivity index (χ3n) is 5.78. The molecular weight excluding hydrogens is 522 g/mol. The van der Waals surface area contributed by atoms with E-state index in [1.165, 1.54) is 5.56 Å². The van der Waals surface area contributed by atoms with E-state index in [4.69, 9.17) is 18.9 Å². The highest BCUT2D eigenvalue weighted by atomic mass is 16.6. The molecule has 1 N–H and O–H groups in total. The van der Waals surface area contributed by atoms with E-state index in [0.717, 1.165) is 25.3 Å². The lowest BCUT2D eigenvalue weighted by molar-refractivity contribution is -0.143. The first-order valence-electron chi connectivity index (χ1n) is 13.9. The van der Waals surface area contributed by atoms with Crippen molar-refractivity contribution in [3.63, 3.8) is 0 Å². The zero-order chi connectivity index (χ0) is 29.3. The maximum absolute atomic E-state index is 13.0. The van der Waals surface area contributed by atoms with Crippen molar-refractivity contribution >= 4 is 23.5 Å². The van der Waals surface area contributed by atoms with Crippen molar-refractivity contribution in [2.45, 2.75) is 46.0 Å². The van der Waals surface area contributed by atoms with Crippen LogP contribution in [-0.4, -0.2) is 37.7 Å². The van der Waals surface area contributed by atoms with Crippen molar-refractivity contribution in [2.75, 3.05) is 25.1 Å². The van der Waals surface area contributed by atoms with Crippen molar-refractivity contribution < 1.29 is 33.3 Å². The van der Waals surface area contributed by atoms with Crippen LogP contribution < -0.4 is 14.8 Å². The van der Waals surface area contributed by atoms with E-state index in [1.807, 2.05) is 32.0 Å². The number of carbonyl (C=O) groups excluding carboxylic acids is 3. The molecule has 0 aliphatic rings. The lowest BCUT2D eigenvalue weighted by atomic mass is 10.1. The van der Waals surface area contributed by atoms with Gasteiger partial charge < -0.3 is 24.3 Å². The molecule has 8 heteroatoms. The van der Waals surface area contributed by atoms with Gasteiger partial charge in [-0.3, -0.25) is 4.79 Å². The van der Waals surface area contributed by atoms with E-state index < -0.39 is 11.9 Å². The van der Waals surface area contributed by atoms with Crippen LogP contribution in [0.1, 0.15) is 55.5 Å². The summed E-state index contributed by atoms with van der Waals surface area (Å²) in [5, 5.41) is 2.80. The number of ether oxygens (including phenoxy) is 4. The SMILES string of the molecule is CCCOC(=O)/C=C(/Oc1ccccc1NC(=O)c1ccc(OCCCCc2ccccc2)cc1)C(=O)OCCC. The molecule has 0 saturated carbocycles. The Morgan fingerprint density at radius 3 is 2.17 bits per heavy atom. The molecule has 0 spiro atoms. The van der Waals surface area contributed by atoms with Crippen LogP contribution >= 0.6 is 0 Å². The molecule has 3 aromatic carbocycles. The molecule has 3 aromatic rings. The van der Waals surface area contributed by atoms with Crippen LogP contribution in [0, 0.1) is 0 Å². The van der Waals surface area contributed by atoms with Gasteiger partial charge in [0.05, 0.1) is 31.6 Å². The minimum atomic E-state index is -0.808. The van der Waals surface area contributed by atoms with Crippen LogP contribution in [-0.2, 0) is 25.5 Å². The predicted molar refractivity (Wildman–Crippen MR) is 157 cm³/mol. The molecule has 0 saturated heterocycles. The fraction of sp³-hybridized carbons (Fsp3) is 0.303. The van der Waals surface area contributed by atoms with E-state index in [9.17, 15) is 14.4 Å². The van der Waals surface area contributed by atoms with E-state index in [2.05, 4.69) is 17.4 Å². The predicted octanol–water partition coefficient (Wildman–Crippen LogP) is 6.51. The quantitative estimate of drug-likeness (QED) is 0.0924. The molecule has 0 radical (unpaired) electrons. The zero-order valence-electron chi connectivity index (χ0n) is 23.6. The number of hydrogen-bond acceptors (Lipinski definition) is 7. The molecule has 8 nitrogen and oxygen atoms in total. The average molecular weight is 560 g/mol. The molecule has 216 valence electrons. The maximum atomic E-state index is 13.0. The van der Waals surface area contributed by atoms with E-state index >= 15 is 0 Å². The molecule has 3 rings (SSSR count). The first-order valence-corrected chi connectivity index (χ1v) is 13.9. The van der Waals surface area contributed by atoms with Gasteiger partial charge in [-0.15, -0.1) is 0 Å². The Hall–Kier alpha value is -4.59. The fourth-order valence-electron chi connectivity index (χ4n) is 3.69. The molecule has 0 atom stereocenters. The van der Waals surface area contributed by atoms with Gasteiger partial charge in [-0.25, -0.2) is 9.59 Å². The molecule has 0 unspecified atom stereocenters. The van der Waals surface area contributed by atoms with Gasteiger partial charge in [-0.1, -0.05) is 56.3 Å². The minimum Gasteiger partial charge on any atom is -0.494 e. The fourth-order valence-corrected chi connectivity index (χ4v) is 3.69. The van der Waals surface area contributed by atoms with Crippen molar-refractivity contribution in [3.05, 3.63) is 102 Å². The Labute approximate surface area is 241 Å². The summed E-state index contributed by atoms with van der Waals surface area (Å²) in [5.74, 6) is -1.41. The minimum absolute atomic E-state index is 0.162. The van der Waals surface area contributed by atoms with Gasteiger partial charge in [-0.2, -0.15) is 0 Å². The molecule has 41 heavy (non-hydrogen) atoms. The van der Waals surface area contributed by atoms with Crippen LogP contribution in [0.15, 0.2) is 90.7 Å². The number of nitrogens with one attached hydrogen (secondary N) is 1. The highest BCUT2D eigenvalue weighted by molar-refractivity contribution is 6.05. The van der Waals surface area contributed by atoms with Gasteiger partial charge in [0.2, 0.25) is 5.76 Å². The van der Waals surface area contributed by atoms with Crippen LogP contribution in [0.2, 0.25) is 0 Å². The van der Waals surface area contributed by atoms with Gasteiger partial charge in [0, 0.05) is 5.56 Å². The molecule has 1 amide bonds. The summed E-state index contributed by atoms with van der Waals surface area (Å²) < 4.78 is 21.8. The number of carbonyl (C=O) groups is 3. The first-order chi connectivity index (χ1) is 20.0. The van der Waals surface area contributed by atoms with Crippen LogP contribution in [0.25, 0.3) is 0 Å². The van der Waals surface area contributed by atoms with Crippen LogP contribution in [0.5, 0.6) is 11.5 Å². The summed E-state index contributed by atoms with van der Waals surface area (Å²) in [6, 6.07) is 23.8. The second-order valence-electron chi connectivity index (χ2n) is 9.18. The van der Waals surface area contributed by atoms with E-state index in [1.54, 1.807) is 48.5 Å². The van der Waals surface area contributed by atoms with Crippen molar-refractivity contribution in [1.82, 2.24) is 0 Å². The van der Waals surface area contributed by atoms with Crippen LogP contribution in [0.4, 0.5) is 5.69 Å². The van der Waals surface area contributed by atoms with E-state index in [-0.39, 0.29) is 30.6 Å². The molecule has 0 bridgehead atoms. The van der Waals surface area contributed by atoms with Gasteiger partial charge in [0.25, 0.3) is 5.91 Å². The van der Waals surface area contributed by atoms with Gasteiger partial charge >= 0.3 is 11.9 Å². The van der Waals surface area contributed by atoms with Crippen molar-refractivity contribution in [1.29, 1.82) is 0 Å². The summed E-state index contributed by atoms with van der Waals surface area (Å²) in [6.07, 6.45) is 5.14. The lowest BCUT2D eigenvalue weighted by Gasteiger charge is -2.14. The third-order valence-corrected chi connectivity index (χ3v) is 5.78. The van der Waals surface area contributed by atoms with Crippen LogP contribution in [0.3, 0.4) is 0 Å². The largest absolute Gasteiger partial charge is 0.494 e. The van der Waals surface area contributed by atoms with Crippen molar-refractivity contribution in [3.8, 4) is 11.5 Å². The third kappa shape index (κ3) is 10.8. The monoisotopic (exact) mass is 559 g/mol. The summed E-state index contributed by atoms with van der Waals surface area (Å²) >= 11 is 0. The number of amides is 1. The van der Waals surface area contributed by atoms with E-state index in [0.29, 0.717) is 36.4 Å². The number of rotatable bonds is 16. The number of benzene rings is 3. The average Bonchev–Trinajstić information content (AvgIpc) is 3.00. The molecule has 0 aliphatic carbocycles. The second-order valence-corrected chi connectivity index (χ2v) is 9.18. The maximum Gasteiger partial charge on any atom is 0.374 e. The number of anilines is 1. The molecule has 0 heterocycles. The first kappa shape index (κ1) is 30.9. The Bertz CT molecular complexity index is 1290. The highest BCUT2D eigenvalue weighted by Crippen LogP contribution is 2.27. The van der Waals surface area contributed by atoms with Gasteiger partial charge in [-0.05, 0) is 74.1 Å². The smallest absolute Gasteiger partial charge is 0.374 e. The van der Waals surface area contributed by atoms with Gasteiger partial charge in [0.15, 0.2) is 5.75 Å². The Balaban J connectivity index is 1.59. The number of aryl methyl sites for hydroxylation is 1. The lowest BCUT2D eigenvalue weighted by Crippen LogP contribution is -2.17. The van der Waals surface area contributed by atoms with Gasteiger partial charge in [0.1, 0.15) is 5.75 Å². The number of esters is 2. The molecule has 0 aromatic heterocycles. The molecular formula is C33H37NO7. The Kier molecular flexibility index (Phi) is 13.0. The standard InChI is InChI=1S/C33H37NO7/c1-3-21-39-31(35)24-30(33(37)40-22-4-2)41-29-16-9-8-15-28(29)34-32(36)26-17-19-27(20-18-26)38-23-11-10-14-25-12-6-5-7-13-25/h5-9,12-13,15-20,24H,3-4,10-11,14,21-23H2,1-2H3,(H,34,36)/b30-24+.